The van der Waals surface area contributed by atoms with E-state index in [1.807, 2.05) is 24.3 Å². The third-order valence-electron chi connectivity index (χ3n) is 1.82. The van der Waals surface area contributed by atoms with Crippen LogP contribution in [0.4, 0.5) is 0 Å². The second-order valence-corrected chi connectivity index (χ2v) is 2.79. The number of rotatable bonds is 4. The monoisotopic (exact) mass is 207 g/mol. The smallest absolute Gasteiger partial charge is 0.327 e. The van der Waals surface area contributed by atoms with Gasteiger partial charge in [0.05, 0.1) is 14.2 Å². The Hall–Kier alpha value is -1.84. The molecule has 0 amide bonds. The molecular formula is C11H13NO3. The summed E-state index contributed by atoms with van der Waals surface area (Å²) in [7, 11) is 2.92. The number of para-hydroxylation sites is 1. The van der Waals surface area contributed by atoms with Crippen molar-refractivity contribution in [2.45, 2.75) is 0 Å². The Labute approximate surface area is 88.5 Å². The quantitative estimate of drug-likeness (QED) is 0.552. The van der Waals surface area contributed by atoms with E-state index < -0.39 is 0 Å². The van der Waals surface area contributed by atoms with Gasteiger partial charge in [0.2, 0.25) is 0 Å². The van der Waals surface area contributed by atoms with Crippen LogP contribution in [0.25, 0.3) is 0 Å². The number of aliphatic imine (C=N–C) groups is 1. The lowest BCUT2D eigenvalue weighted by molar-refractivity contribution is -0.138. The Morgan fingerprint density at radius 2 is 2.13 bits per heavy atom. The zero-order valence-electron chi connectivity index (χ0n) is 8.77. The van der Waals surface area contributed by atoms with E-state index in [0.717, 1.165) is 11.3 Å². The molecule has 15 heavy (non-hydrogen) atoms. The van der Waals surface area contributed by atoms with Crippen LogP contribution in [-0.4, -0.2) is 32.9 Å². The van der Waals surface area contributed by atoms with E-state index in [4.69, 9.17) is 4.74 Å². The SMILES string of the molecule is COC(=O)CN=Cc1ccccc1OC. The molecule has 0 N–H and O–H groups in total. The lowest BCUT2D eigenvalue weighted by Gasteiger charge is -2.02. The minimum atomic E-state index is -0.360. The number of ether oxygens (including phenoxy) is 2. The van der Waals surface area contributed by atoms with Gasteiger partial charge < -0.3 is 9.47 Å². The lowest BCUT2D eigenvalue weighted by Crippen LogP contribution is -2.04. The van der Waals surface area contributed by atoms with E-state index >= 15 is 0 Å². The molecule has 0 saturated heterocycles. The molecule has 1 rings (SSSR count). The number of hydrogen-bond donors (Lipinski definition) is 0. The molecule has 80 valence electrons. The molecule has 0 radical (unpaired) electrons. The number of carbonyl (C=O) groups excluding carboxylic acids is 1. The molecule has 0 bridgehead atoms. The van der Waals surface area contributed by atoms with Crippen LogP contribution in [0.15, 0.2) is 29.3 Å². The first kappa shape index (κ1) is 11.2. The Morgan fingerprint density at radius 3 is 2.80 bits per heavy atom. The number of methoxy groups -OCH3 is 2. The molecule has 0 aliphatic carbocycles. The van der Waals surface area contributed by atoms with Gasteiger partial charge in [-0.1, -0.05) is 12.1 Å². The van der Waals surface area contributed by atoms with Gasteiger partial charge in [0.1, 0.15) is 12.3 Å². The highest BCUT2D eigenvalue weighted by atomic mass is 16.5. The number of carbonyl (C=O) groups is 1. The molecular weight excluding hydrogens is 194 g/mol. The largest absolute Gasteiger partial charge is 0.496 e. The highest BCUT2D eigenvalue weighted by Crippen LogP contribution is 2.14. The summed E-state index contributed by atoms with van der Waals surface area (Å²) in [5, 5.41) is 0. The van der Waals surface area contributed by atoms with Crippen molar-refractivity contribution in [3.63, 3.8) is 0 Å². The molecule has 0 unspecified atom stereocenters. The van der Waals surface area contributed by atoms with Gasteiger partial charge in [-0.25, -0.2) is 0 Å². The third kappa shape index (κ3) is 3.42. The summed E-state index contributed by atoms with van der Waals surface area (Å²) in [6.07, 6.45) is 1.59. The molecule has 4 heteroatoms. The molecule has 1 aromatic rings. The fourth-order valence-electron chi connectivity index (χ4n) is 1.06. The summed E-state index contributed by atoms with van der Waals surface area (Å²) in [6, 6.07) is 7.44. The van der Waals surface area contributed by atoms with E-state index in [2.05, 4.69) is 9.73 Å². The standard InChI is InChI=1S/C11H13NO3/c1-14-10-6-4-3-5-9(10)7-12-8-11(13)15-2/h3-7H,8H2,1-2H3. The summed E-state index contributed by atoms with van der Waals surface area (Å²) >= 11 is 0. The topological polar surface area (TPSA) is 47.9 Å². The van der Waals surface area contributed by atoms with Crippen LogP contribution < -0.4 is 4.74 Å². The van der Waals surface area contributed by atoms with Crippen molar-refractivity contribution in [3.05, 3.63) is 29.8 Å². The van der Waals surface area contributed by atoms with Crippen molar-refractivity contribution in [2.24, 2.45) is 4.99 Å². The number of nitrogens with zero attached hydrogens (tertiary/aromatic N) is 1. The van der Waals surface area contributed by atoms with Crippen molar-refractivity contribution in [2.75, 3.05) is 20.8 Å². The first-order chi connectivity index (χ1) is 7.27. The van der Waals surface area contributed by atoms with Gasteiger partial charge in [-0.2, -0.15) is 0 Å². The van der Waals surface area contributed by atoms with Gasteiger partial charge in [0.25, 0.3) is 0 Å². The Kier molecular flexibility index (Phi) is 4.34. The van der Waals surface area contributed by atoms with Crippen LogP contribution in [-0.2, 0) is 9.53 Å². The van der Waals surface area contributed by atoms with Crippen molar-refractivity contribution < 1.29 is 14.3 Å². The van der Waals surface area contributed by atoms with Gasteiger partial charge >= 0.3 is 5.97 Å². The van der Waals surface area contributed by atoms with Gasteiger partial charge in [0.15, 0.2) is 0 Å². The minimum Gasteiger partial charge on any atom is -0.496 e. The van der Waals surface area contributed by atoms with Crippen molar-refractivity contribution in [1.29, 1.82) is 0 Å². The summed E-state index contributed by atoms with van der Waals surface area (Å²) in [5.74, 6) is 0.368. The molecule has 4 nitrogen and oxygen atoms in total. The van der Waals surface area contributed by atoms with E-state index in [1.165, 1.54) is 7.11 Å². The molecule has 0 aliphatic heterocycles. The molecule has 1 aromatic carbocycles. The molecule has 0 fully saturated rings. The number of benzene rings is 1. The van der Waals surface area contributed by atoms with Crippen molar-refractivity contribution >= 4 is 12.2 Å². The molecule has 0 aromatic heterocycles. The van der Waals surface area contributed by atoms with Crippen LogP contribution in [0.5, 0.6) is 5.75 Å². The van der Waals surface area contributed by atoms with E-state index in [0.29, 0.717) is 0 Å². The van der Waals surface area contributed by atoms with Gasteiger partial charge in [-0.3, -0.25) is 9.79 Å². The highest BCUT2D eigenvalue weighted by Gasteiger charge is 1.98. The molecule has 0 saturated carbocycles. The Bertz CT molecular complexity index is 361. The first-order valence-corrected chi connectivity index (χ1v) is 4.47. The van der Waals surface area contributed by atoms with Crippen LogP contribution in [0.3, 0.4) is 0 Å². The van der Waals surface area contributed by atoms with Crippen LogP contribution in [0, 0.1) is 0 Å². The second-order valence-electron chi connectivity index (χ2n) is 2.79. The van der Waals surface area contributed by atoms with Gasteiger partial charge in [0, 0.05) is 11.8 Å². The molecule has 0 aliphatic rings. The fraction of sp³-hybridized carbons (Fsp3) is 0.273. The molecule has 0 spiro atoms. The van der Waals surface area contributed by atoms with Crippen LogP contribution >= 0.6 is 0 Å². The minimum absolute atomic E-state index is 0.0224. The Balaban J connectivity index is 2.67. The first-order valence-electron chi connectivity index (χ1n) is 4.47. The van der Waals surface area contributed by atoms with Crippen molar-refractivity contribution in [1.82, 2.24) is 0 Å². The molecule has 0 heterocycles. The predicted molar refractivity (Wildman–Crippen MR) is 57.5 cm³/mol. The summed E-state index contributed by atoms with van der Waals surface area (Å²) in [4.78, 5) is 14.7. The average molecular weight is 207 g/mol. The maximum absolute atomic E-state index is 10.8. The zero-order chi connectivity index (χ0) is 11.1. The molecule has 0 atom stereocenters. The fourth-order valence-corrected chi connectivity index (χ4v) is 1.06. The second kappa shape index (κ2) is 5.80. The number of hydrogen-bond acceptors (Lipinski definition) is 4. The zero-order valence-corrected chi connectivity index (χ0v) is 8.77. The van der Waals surface area contributed by atoms with E-state index in [1.54, 1.807) is 13.3 Å². The summed E-state index contributed by atoms with van der Waals surface area (Å²) in [5.41, 5.74) is 0.837. The maximum atomic E-state index is 10.8. The van der Waals surface area contributed by atoms with Gasteiger partial charge in [-0.05, 0) is 12.1 Å². The van der Waals surface area contributed by atoms with Crippen LogP contribution in [0.2, 0.25) is 0 Å². The number of esters is 1. The lowest BCUT2D eigenvalue weighted by atomic mass is 10.2. The maximum Gasteiger partial charge on any atom is 0.327 e. The third-order valence-corrected chi connectivity index (χ3v) is 1.82. The summed E-state index contributed by atoms with van der Waals surface area (Å²) in [6.45, 7) is 0.0224. The average Bonchev–Trinajstić information content (AvgIpc) is 2.29. The summed E-state index contributed by atoms with van der Waals surface area (Å²) < 4.78 is 9.58. The van der Waals surface area contributed by atoms with Crippen LogP contribution in [0.1, 0.15) is 5.56 Å². The van der Waals surface area contributed by atoms with E-state index in [-0.39, 0.29) is 12.5 Å². The normalized spacial score (nSPS) is 10.3. The highest BCUT2D eigenvalue weighted by molar-refractivity contribution is 5.85. The van der Waals surface area contributed by atoms with Crippen molar-refractivity contribution in [3.8, 4) is 5.75 Å². The predicted octanol–water partition coefficient (Wildman–Crippen LogP) is 1.29. The van der Waals surface area contributed by atoms with Gasteiger partial charge in [-0.15, -0.1) is 0 Å². The Morgan fingerprint density at radius 1 is 1.40 bits per heavy atom. The van der Waals surface area contributed by atoms with E-state index in [9.17, 15) is 4.79 Å².